The first-order chi connectivity index (χ1) is 10.2. The Morgan fingerprint density at radius 2 is 1.48 bits per heavy atom. The fourth-order valence-electron chi connectivity index (χ4n) is 3.11. The molecule has 1 aromatic carbocycles. The molecule has 0 bridgehead atoms. The molecule has 0 amide bonds. The van der Waals surface area contributed by atoms with Gasteiger partial charge in [-0.2, -0.15) is 0 Å². The van der Waals surface area contributed by atoms with Gasteiger partial charge in [0.1, 0.15) is 0 Å². The van der Waals surface area contributed by atoms with Crippen molar-refractivity contribution in [2.75, 3.05) is 0 Å². The summed E-state index contributed by atoms with van der Waals surface area (Å²) in [7, 11) is 0. The SMILES string of the molecule is CCCCCC(CCCCC)NC(C)c1ccccc1C. The van der Waals surface area contributed by atoms with Crippen LogP contribution in [0, 0.1) is 6.92 Å². The van der Waals surface area contributed by atoms with Crippen LogP contribution in [-0.2, 0) is 0 Å². The molecule has 0 saturated heterocycles. The first-order valence-electron chi connectivity index (χ1n) is 9.00. The van der Waals surface area contributed by atoms with Crippen LogP contribution in [0.15, 0.2) is 24.3 Å². The number of hydrogen-bond donors (Lipinski definition) is 1. The van der Waals surface area contributed by atoms with E-state index in [1.807, 2.05) is 0 Å². The van der Waals surface area contributed by atoms with Crippen molar-refractivity contribution >= 4 is 0 Å². The van der Waals surface area contributed by atoms with Gasteiger partial charge in [0.05, 0.1) is 0 Å². The molecule has 0 radical (unpaired) electrons. The highest BCUT2D eigenvalue weighted by atomic mass is 14.9. The first-order valence-corrected chi connectivity index (χ1v) is 9.00. The Bertz CT molecular complexity index is 362. The maximum Gasteiger partial charge on any atom is 0.0296 e. The first kappa shape index (κ1) is 18.2. The monoisotopic (exact) mass is 289 g/mol. The molecule has 120 valence electrons. The van der Waals surface area contributed by atoms with E-state index in [0.29, 0.717) is 12.1 Å². The molecule has 0 fully saturated rings. The smallest absolute Gasteiger partial charge is 0.0296 e. The lowest BCUT2D eigenvalue weighted by molar-refractivity contribution is 0.384. The maximum absolute atomic E-state index is 3.89. The number of aryl methyl sites for hydroxylation is 1. The zero-order valence-electron chi connectivity index (χ0n) is 14.6. The molecule has 1 aromatic rings. The van der Waals surface area contributed by atoms with Crippen molar-refractivity contribution in [1.29, 1.82) is 0 Å². The van der Waals surface area contributed by atoms with E-state index in [9.17, 15) is 0 Å². The molecule has 1 heteroatoms. The molecule has 1 unspecified atom stereocenters. The molecule has 0 spiro atoms. The Hall–Kier alpha value is -0.820. The molecule has 21 heavy (non-hydrogen) atoms. The molecule has 0 aliphatic carbocycles. The van der Waals surface area contributed by atoms with Crippen LogP contribution in [0.5, 0.6) is 0 Å². The van der Waals surface area contributed by atoms with Crippen LogP contribution in [0.25, 0.3) is 0 Å². The average Bonchev–Trinajstić information content (AvgIpc) is 2.48. The summed E-state index contributed by atoms with van der Waals surface area (Å²) in [5, 5.41) is 3.89. The number of unbranched alkanes of at least 4 members (excludes halogenated alkanes) is 4. The zero-order chi connectivity index (χ0) is 15.5. The normalized spacial score (nSPS) is 12.8. The predicted molar refractivity (Wildman–Crippen MR) is 94.8 cm³/mol. The van der Waals surface area contributed by atoms with Crippen LogP contribution in [-0.4, -0.2) is 6.04 Å². The molecule has 1 rings (SSSR count). The third-order valence-corrected chi connectivity index (χ3v) is 4.45. The maximum atomic E-state index is 3.89. The zero-order valence-corrected chi connectivity index (χ0v) is 14.6. The van der Waals surface area contributed by atoms with E-state index < -0.39 is 0 Å². The van der Waals surface area contributed by atoms with Crippen molar-refractivity contribution in [2.45, 2.75) is 91.1 Å². The predicted octanol–water partition coefficient (Wildman–Crippen LogP) is 6.17. The topological polar surface area (TPSA) is 12.0 Å². The second-order valence-electron chi connectivity index (χ2n) is 6.43. The van der Waals surface area contributed by atoms with Crippen LogP contribution in [0.1, 0.15) is 89.3 Å². The minimum Gasteiger partial charge on any atom is -0.307 e. The Morgan fingerprint density at radius 1 is 0.905 bits per heavy atom. The van der Waals surface area contributed by atoms with Gasteiger partial charge in [-0.1, -0.05) is 76.6 Å². The summed E-state index contributed by atoms with van der Waals surface area (Å²) in [6.45, 7) is 9.11. The van der Waals surface area contributed by atoms with Gasteiger partial charge in [0.15, 0.2) is 0 Å². The van der Waals surface area contributed by atoms with Gasteiger partial charge < -0.3 is 5.32 Å². The second kappa shape index (κ2) is 10.8. The molecule has 0 aromatic heterocycles. The van der Waals surface area contributed by atoms with Crippen molar-refractivity contribution in [3.8, 4) is 0 Å². The summed E-state index contributed by atoms with van der Waals surface area (Å²) >= 11 is 0. The third kappa shape index (κ3) is 7.13. The molecular formula is C20H35N. The Balaban J connectivity index is 2.54. The van der Waals surface area contributed by atoms with Crippen LogP contribution < -0.4 is 5.32 Å². The molecular weight excluding hydrogens is 254 g/mol. The van der Waals surface area contributed by atoms with Crippen LogP contribution in [0.2, 0.25) is 0 Å². The number of benzene rings is 1. The lowest BCUT2D eigenvalue weighted by Crippen LogP contribution is -2.32. The lowest BCUT2D eigenvalue weighted by Gasteiger charge is -2.25. The summed E-state index contributed by atoms with van der Waals surface area (Å²) in [6, 6.07) is 9.91. The van der Waals surface area contributed by atoms with Gasteiger partial charge >= 0.3 is 0 Å². The van der Waals surface area contributed by atoms with E-state index in [4.69, 9.17) is 0 Å². The van der Waals surface area contributed by atoms with E-state index in [2.05, 4.69) is 57.3 Å². The van der Waals surface area contributed by atoms with Gasteiger partial charge in [-0.3, -0.25) is 0 Å². The quantitative estimate of drug-likeness (QED) is 0.480. The van der Waals surface area contributed by atoms with Crippen LogP contribution >= 0.6 is 0 Å². The Kier molecular flexibility index (Phi) is 9.41. The van der Waals surface area contributed by atoms with E-state index in [0.717, 1.165) is 0 Å². The molecule has 0 saturated carbocycles. The highest BCUT2D eigenvalue weighted by Gasteiger charge is 2.14. The summed E-state index contributed by atoms with van der Waals surface area (Å²) in [5.41, 5.74) is 2.85. The Morgan fingerprint density at radius 3 is 2.00 bits per heavy atom. The summed E-state index contributed by atoms with van der Waals surface area (Å²) in [6.07, 6.45) is 10.7. The lowest BCUT2D eigenvalue weighted by atomic mass is 9.98. The van der Waals surface area contributed by atoms with E-state index in [1.165, 1.54) is 62.5 Å². The fourth-order valence-corrected chi connectivity index (χ4v) is 3.11. The van der Waals surface area contributed by atoms with Gasteiger partial charge in [0.25, 0.3) is 0 Å². The van der Waals surface area contributed by atoms with E-state index in [-0.39, 0.29) is 0 Å². The molecule has 0 aliphatic rings. The van der Waals surface area contributed by atoms with Gasteiger partial charge in [-0.05, 0) is 37.8 Å². The summed E-state index contributed by atoms with van der Waals surface area (Å²) in [5.74, 6) is 0. The van der Waals surface area contributed by atoms with Crippen molar-refractivity contribution in [2.24, 2.45) is 0 Å². The molecule has 0 aliphatic heterocycles. The average molecular weight is 290 g/mol. The largest absolute Gasteiger partial charge is 0.307 e. The van der Waals surface area contributed by atoms with Crippen molar-refractivity contribution in [3.63, 3.8) is 0 Å². The highest BCUT2D eigenvalue weighted by molar-refractivity contribution is 5.28. The highest BCUT2D eigenvalue weighted by Crippen LogP contribution is 2.20. The summed E-state index contributed by atoms with van der Waals surface area (Å²) in [4.78, 5) is 0. The minimum atomic E-state index is 0.458. The molecule has 1 N–H and O–H groups in total. The molecule has 1 nitrogen and oxygen atoms in total. The second-order valence-corrected chi connectivity index (χ2v) is 6.43. The number of rotatable bonds is 11. The van der Waals surface area contributed by atoms with Gasteiger partial charge in [0.2, 0.25) is 0 Å². The summed E-state index contributed by atoms with van der Waals surface area (Å²) < 4.78 is 0. The molecule has 0 heterocycles. The standard InChI is InChI=1S/C20H35N/c1-5-7-9-14-19(15-10-8-6-2)21-18(4)20-16-12-11-13-17(20)3/h11-13,16,18-19,21H,5-10,14-15H2,1-4H3. The van der Waals surface area contributed by atoms with Crippen molar-refractivity contribution < 1.29 is 0 Å². The third-order valence-electron chi connectivity index (χ3n) is 4.45. The van der Waals surface area contributed by atoms with Crippen LogP contribution in [0.4, 0.5) is 0 Å². The van der Waals surface area contributed by atoms with E-state index >= 15 is 0 Å². The van der Waals surface area contributed by atoms with Gasteiger partial charge in [-0.25, -0.2) is 0 Å². The number of nitrogens with one attached hydrogen (secondary N) is 1. The van der Waals surface area contributed by atoms with Gasteiger partial charge in [0, 0.05) is 12.1 Å². The van der Waals surface area contributed by atoms with E-state index in [1.54, 1.807) is 0 Å². The van der Waals surface area contributed by atoms with Crippen molar-refractivity contribution in [1.82, 2.24) is 5.32 Å². The van der Waals surface area contributed by atoms with Crippen LogP contribution in [0.3, 0.4) is 0 Å². The Labute approximate surface area is 132 Å². The van der Waals surface area contributed by atoms with Crippen molar-refractivity contribution in [3.05, 3.63) is 35.4 Å². The number of hydrogen-bond acceptors (Lipinski definition) is 1. The molecule has 1 atom stereocenters. The van der Waals surface area contributed by atoms with Gasteiger partial charge in [-0.15, -0.1) is 0 Å². The minimum absolute atomic E-state index is 0.458. The fraction of sp³-hybridized carbons (Fsp3) is 0.700.